The molecule has 1 aromatic heterocycles. The van der Waals surface area contributed by atoms with Gasteiger partial charge in [-0.2, -0.15) is 0 Å². The summed E-state index contributed by atoms with van der Waals surface area (Å²) in [6.07, 6.45) is 6.82. The standard InChI is InChI=1S/C23H30FN5O/c24-20-7-3-4-8-21(20)27-13-15-29(16-14-27)23(30)26-18-19-9-10-25-22(17-19)28-11-5-1-2-6-12-28/h3-4,7-10,17H,1-2,5-6,11-16,18H2,(H,26,30). The third kappa shape index (κ3) is 5.01. The van der Waals surface area contributed by atoms with Gasteiger partial charge in [0.1, 0.15) is 11.6 Å². The lowest BCUT2D eigenvalue weighted by molar-refractivity contribution is 0.194. The number of para-hydroxylation sites is 1. The van der Waals surface area contributed by atoms with Gasteiger partial charge in [0.05, 0.1) is 5.69 Å². The van der Waals surface area contributed by atoms with Gasteiger partial charge in [-0.25, -0.2) is 14.2 Å². The van der Waals surface area contributed by atoms with Crippen LogP contribution in [0.3, 0.4) is 0 Å². The molecule has 0 radical (unpaired) electrons. The van der Waals surface area contributed by atoms with Crippen LogP contribution in [0.15, 0.2) is 42.6 Å². The second kappa shape index (κ2) is 9.78. The highest BCUT2D eigenvalue weighted by atomic mass is 19.1. The smallest absolute Gasteiger partial charge is 0.317 e. The summed E-state index contributed by atoms with van der Waals surface area (Å²) in [5.74, 6) is 0.787. The van der Waals surface area contributed by atoms with E-state index in [1.165, 1.54) is 31.7 Å². The molecule has 7 heteroatoms. The third-order valence-corrected chi connectivity index (χ3v) is 5.94. The van der Waals surface area contributed by atoms with Crippen LogP contribution in [-0.2, 0) is 6.54 Å². The van der Waals surface area contributed by atoms with E-state index in [9.17, 15) is 9.18 Å². The summed E-state index contributed by atoms with van der Waals surface area (Å²) in [6.45, 7) is 5.00. The maximum Gasteiger partial charge on any atom is 0.317 e. The second-order valence-corrected chi connectivity index (χ2v) is 8.01. The Morgan fingerprint density at radius 2 is 1.67 bits per heavy atom. The lowest BCUT2D eigenvalue weighted by atomic mass is 10.2. The number of nitrogens with one attached hydrogen (secondary N) is 1. The fourth-order valence-electron chi connectivity index (χ4n) is 4.19. The number of benzene rings is 1. The summed E-state index contributed by atoms with van der Waals surface area (Å²) in [5.41, 5.74) is 1.66. The predicted octanol–water partition coefficient (Wildman–Crippen LogP) is 3.63. The maximum absolute atomic E-state index is 14.0. The van der Waals surface area contributed by atoms with Gasteiger partial charge in [-0.3, -0.25) is 0 Å². The number of hydrogen-bond donors (Lipinski definition) is 1. The van der Waals surface area contributed by atoms with Crippen molar-refractivity contribution in [3.05, 3.63) is 54.0 Å². The number of aromatic nitrogens is 1. The van der Waals surface area contributed by atoms with Crippen molar-refractivity contribution in [2.45, 2.75) is 32.2 Å². The molecular formula is C23H30FN5O. The monoisotopic (exact) mass is 411 g/mol. The highest BCUT2D eigenvalue weighted by molar-refractivity contribution is 5.74. The van der Waals surface area contributed by atoms with E-state index < -0.39 is 0 Å². The molecule has 3 heterocycles. The Bertz CT molecular complexity index is 845. The van der Waals surface area contributed by atoms with E-state index >= 15 is 0 Å². The zero-order valence-electron chi connectivity index (χ0n) is 17.4. The van der Waals surface area contributed by atoms with Crippen molar-refractivity contribution in [3.8, 4) is 0 Å². The van der Waals surface area contributed by atoms with E-state index in [4.69, 9.17) is 0 Å². The largest absolute Gasteiger partial charge is 0.366 e. The molecular weight excluding hydrogens is 381 g/mol. The quantitative estimate of drug-likeness (QED) is 0.835. The molecule has 2 aliphatic heterocycles. The molecule has 4 rings (SSSR count). The van der Waals surface area contributed by atoms with Gasteiger partial charge < -0.3 is 20.0 Å². The van der Waals surface area contributed by atoms with E-state index in [1.54, 1.807) is 17.0 Å². The number of halogens is 1. The fraction of sp³-hybridized carbons (Fsp3) is 0.478. The fourth-order valence-corrected chi connectivity index (χ4v) is 4.19. The second-order valence-electron chi connectivity index (χ2n) is 8.01. The Balaban J connectivity index is 1.28. The Hall–Kier alpha value is -2.83. The molecule has 1 aromatic carbocycles. The minimum atomic E-state index is -0.215. The number of carbonyl (C=O) groups is 1. The van der Waals surface area contributed by atoms with Crippen LogP contribution in [0.5, 0.6) is 0 Å². The summed E-state index contributed by atoms with van der Waals surface area (Å²) in [5, 5.41) is 3.03. The number of rotatable bonds is 4. The molecule has 0 unspecified atom stereocenters. The first kappa shape index (κ1) is 20.4. The van der Waals surface area contributed by atoms with Crippen LogP contribution >= 0.6 is 0 Å². The molecule has 0 atom stereocenters. The minimum Gasteiger partial charge on any atom is -0.366 e. The number of carbonyl (C=O) groups excluding carboxylic acids is 1. The molecule has 0 aliphatic carbocycles. The number of urea groups is 1. The van der Waals surface area contributed by atoms with Gasteiger partial charge in [0.25, 0.3) is 0 Å². The number of amides is 2. The van der Waals surface area contributed by atoms with Crippen molar-refractivity contribution in [2.75, 3.05) is 49.1 Å². The molecule has 6 nitrogen and oxygen atoms in total. The molecule has 0 bridgehead atoms. The zero-order valence-corrected chi connectivity index (χ0v) is 17.4. The number of pyridine rings is 1. The Morgan fingerprint density at radius 3 is 2.40 bits per heavy atom. The molecule has 0 spiro atoms. The van der Waals surface area contributed by atoms with Crippen molar-refractivity contribution in [3.63, 3.8) is 0 Å². The maximum atomic E-state index is 14.0. The molecule has 2 saturated heterocycles. The minimum absolute atomic E-state index is 0.0729. The molecule has 2 aliphatic rings. The SMILES string of the molecule is O=C(NCc1ccnc(N2CCCCCC2)c1)N1CCN(c2ccccc2F)CC1. The molecule has 2 fully saturated rings. The first-order valence-corrected chi connectivity index (χ1v) is 10.9. The van der Waals surface area contributed by atoms with Crippen molar-refractivity contribution in [1.29, 1.82) is 0 Å². The van der Waals surface area contributed by atoms with Crippen LogP contribution < -0.4 is 15.1 Å². The summed E-state index contributed by atoms with van der Waals surface area (Å²) >= 11 is 0. The molecule has 1 N–H and O–H groups in total. The number of piperazine rings is 1. The van der Waals surface area contributed by atoms with Gasteiger partial charge >= 0.3 is 6.03 Å². The van der Waals surface area contributed by atoms with Gasteiger partial charge in [-0.15, -0.1) is 0 Å². The number of hydrogen-bond acceptors (Lipinski definition) is 4. The summed E-state index contributed by atoms with van der Waals surface area (Å²) in [7, 11) is 0. The molecule has 30 heavy (non-hydrogen) atoms. The van der Waals surface area contributed by atoms with Crippen LogP contribution in [0.2, 0.25) is 0 Å². The Labute approximate surface area is 177 Å². The average Bonchev–Trinajstić information content (AvgIpc) is 3.08. The first-order chi connectivity index (χ1) is 14.7. The topological polar surface area (TPSA) is 51.7 Å². The van der Waals surface area contributed by atoms with Crippen LogP contribution in [0, 0.1) is 5.82 Å². The van der Waals surface area contributed by atoms with Crippen molar-refractivity contribution < 1.29 is 9.18 Å². The lowest BCUT2D eigenvalue weighted by Gasteiger charge is -2.36. The van der Waals surface area contributed by atoms with E-state index in [-0.39, 0.29) is 11.8 Å². The van der Waals surface area contributed by atoms with Crippen molar-refractivity contribution >= 4 is 17.5 Å². The third-order valence-electron chi connectivity index (χ3n) is 5.94. The van der Waals surface area contributed by atoms with Gasteiger partial charge in [-0.05, 0) is 42.7 Å². The van der Waals surface area contributed by atoms with E-state index in [2.05, 4.69) is 21.3 Å². The van der Waals surface area contributed by atoms with Crippen LogP contribution in [0.4, 0.5) is 20.7 Å². The van der Waals surface area contributed by atoms with Gasteiger partial charge in [-0.1, -0.05) is 25.0 Å². The van der Waals surface area contributed by atoms with E-state index in [0.29, 0.717) is 38.4 Å². The van der Waals surface area contributed by atoms with E-state index in [0.717, 1.165) is 24.5 Å². The highest BCUT2D eigenvalue weighted by Gasteiger charge is 2.22. The number of nitrogens with zero attached hydrogens (tertiary/aromatic N) is 4. The van der Waals surface area contributed by atoms with Crippen molar-refractivity contribution in [1.82, 2.24) is 15.2 Å². The van der Waals surface area contributed by atoms with Gasteiger partial charge in [0, 0.05) is 52.0 Å². The first-order valence-electron chi connectivity index (χ1n) is 10.9. The zero-order chi connectivity index (χ0) is 20.8. The van der Waals surface area contributed by atoms with E-state index in [1.807, 2.05) is 23.2 Å². The molecule has 0 saturated carbocycles. The normalized spacial score (nSPS) is 17.6. The van der Waals surface area contributed by atoms with Crippen LogP contribution in [0.25, 0.3) is 0 Å². The Kier molecular flexibility index (Phi) is 6.67. The van der Waals surface area contributed by atoms with Crippen LogP contribution in [-0.4, -0.2) is 55.2 Å². The average molecular weight is 412 g/mol. The van der Waals surface area contributed by atoms with Crippen molar-refractivity contribution in [2.24, 2.45) is 0 Å². The number of anilines is 2. The Morgan fingerprint density at radius 1 is 0.933 bits per heavy atom. The molecule has 2 amide bonds. The van der Waals surface area contributed by atoms with Gasteiger partial charge in [0.15, 0.2) is 0 Å². The predicted molar refractivity (Wildman–Crippen MR) is 117 cm³/mol. The van der Waals surface area contributed by atoms with Crippen LogP contribution in [0.1, 0.15) is 31.2 Å². The molecule has 2 aromatic rings. The highest BCUT2D eigenvalue weighted by Crippen LogP contribution is 2.21. The van der Waals surface area contributed by atoms with Gasteiger partial charge in [0.2, 0.25) is 0 Å². The summed E-state index contributed by atoms with van der Waals surface area (Å²) in [6, 6.07) is 10.8. The molecule has 160 valence electrons. The summed E-state index contributed by atoms with van der Waals surface area (Å²) in [4.78, 5) is 23.3. The lowest BCUT2D eigenvalue weighted by Crippen LogP contribution is -2.51. The summed E-state index contributed by atoms with van der Waals surface area (Å²) < 4.78 is 14.0.